The van der Waals surface area contributed by atoms with E-state index in [9.17, 15) is 0 Å². The van der Waals surface area contributed by atoms with Crippen LogP contribution < -0.4 is 5.73 Å². The summed E-state index contributed by atoms with van der Waals surface area (Å²) in [7, 11) is 0. The van der Waals surface area contributed by atoms with Crippen molar-refractivity contribution in [2.45, 2.75) is 6.92 Å². The molecule has 0 amide bonds. The number of ether oxygens (including phenoxy) is 1. The van der Waals surface area contributed by atoms with E-state index in [0.717, 1.165) is 5.69 Å². The number of nitrogen functional groups attached to an aromatic ring is 1. The van der Waals surface area contributed by atoms with Crippen LogP contribution in [0.2, 0.25) is 0 Å². The molecule has 2 heterocycles. The zero-order valence-corrected chi connectivity index (χ0v) is 12.0. The van der Waals surface area contributed by atoms with Crippen LogP contribution in [-0.2, 0) is 4.74 Å². The molecule has 0 radical (unpaired) electrons. The molecule has 1 aliphatic rings. The van der Waals surface area contributed by atoms with Crippen molar-refractivity contribution in [1.82, 2.24) is 14.5 Å². The molecule has 3 N–H and O–H groups in total. The molecule has 0 saturated carbocycles. The molecule has 1 aromatic carbocycles. The van der Waals surface area contributed by atoms with E-state index in [1.54, 1.807) is 6.33 Å². The molecule has 1 aliphatic heterocycles. The fourth-order valence-corrected chi connectivity index (χ4v) is 2.39. The van der Waals surface area contributed by atoms with E-state index in [-0.39, 0.29) is 0 Å². The number of nitrogens with zero attached hydrogens (tertiary/aromatic N) is 3. The molecule has 3 rings (SSSR count). The van der Waals surface area contributed by atoms with Gasteiger partial charge in [-0.1, -0.05) is 17.7 Å². The average molecular weight is 285 g/mol. The highest BCUT2D eigenvalue weighted by molar-refractivity contribution is 5.98. The number of aromatic nitrogens is 2. The maximum atomic E-state index is 8.29. The van der Waals surface area contributed by atoms with Crippen LogP contribution >= 0.6 is 0 Å². The summed E-state index contributed by atoms with van der Waals surface area (Å²) in [6, 6.07) is 8.05. The van der Waals surface area contributed by atoms with Crippen molar-refractivity contribution in [1.29, 1.82) is 5.41 Å². The molecule has 0 aliphatic carbocycles. The Labute approximate surface area is 123 Å². The fourth-order valence-electron chi connectivity index (χ4n) is 2.39. The topological polar surface area (TPSA) is 80.2 Å². The van der Waals surface area contributed by atoms with Gasteiger partial charge in [0, 0.05) is 18.8 Å². The van der Waals surface area contributed by atoms with Crippen LogP contribution in [0.25, 0.3) is 5.69 Å². The molecule has 2 aromatic rings. The van der Waals surface area contributed by atoms with Crippen LogP contribution in [0.4, 0.5) is 5.82 Å². The van der Waals surface area contributed by atoms with E-state index in [1.807, 2.05) is 40.7 Å². The molecule has 21 heavy (non-hydrogen) atoms. The Hall–Kier alpha value is -2.34. The first-order chi connectivity index (χ1) is 10.2. The molecule has 0 bridgehead atoms. The van der Waals surface area contributed by atoms with Crippen molar-refractivity contribution in [3.05, 3.63) is 41.9 Å². The smallest absolute Gasteiger partial charge is 0.151 e. The van der Waals surface area contributed by atoms with Gasteiger partial charge in [-0.2, -0.15) is 0 Å². The summed E-state index contributed by atoms with van der Waals surface area (Å²) < 4.78 is 7.12. The van der Waals surface area contributed by atoms with Gasteiger partial charge in [-0.15, -0.1) is 0 Å². The van der Waals surface area contributed by atoms with Gasteiger partial charge in [0.2, 0.25) is 0 Å². The van der Waals surface area contributed by atoms with Gasteiger partial charge in [0.1, 0.15) is 17.8 Å². The Balaban J connectivity index is 1.88. The van der Waals surface area contributed by atoms with Crippen molar-refractivity contribution in [3.63, 3.8) is 0 Å². The lowest BCUT2D eigenvalue weighted by Crippen LogP contribution is -2.41. The molecule has 1 saturated heterocycles. The van der Waals surface area contributed by atoms with Crippen molar-refractivity contribution in [2.24, 2.45) is 0 Å². The van der Waals surface area contributed by atoms with Crippen molar-refractivity contribution in [3.8, 4) is 5.69 Å². The highest BCUT2D eigenvalue weighted by atomic mass is 16.5. The quantitative estimate of drug-likeness (QED) is 0.646. The molecular formula is C15H19N5O. The Morgan fingerprint density at radius 1 is 1.24 bits per heavy atom. The minimum atomic E-state index is 0.363. The second-order valence-electron chi connectivity index (χ2n) is 5.13. The van der Waals surface area contributed by atoms with Crippen LogP contribution in [0, 0.1) is 12.3 Å². The minimum absolute atomic E-state index is 0.363. The van der Waals surface area contributed by atoms with E-state index < -0.39 is 0 Å². The maximum absolute atomic E-state index is 8.29. The van der Waals surface area contributed by atoms with E-state index in [1.165, 1.54) is 5.56 Å². The Morgan fingerprint density at radius 2 is 1.90 bits per heavy atom. The summed E-state index contributed by atoms with van der Waals surface area (Å²) >= 11 is 0. The molecular weight excluding hydrogens is 266 g/mol. The minimum Gasteiger partial charge on any atom is -0.383 e. The largest absolute Gasteiger partial charge is 0.383 e. The predicted molar refractivity (Wildman–Crippen MR) is 81.9 cm³/mol. The zero-order valence-electron chi connectivity index (χ0n) is 12.0. The Morgan fingerprint density at radius 3 is 2.57 bits per heavy atom. The van der Waals surface area contributed by atoms with E-state index >= 15 is 0 Å². The van der Waals surface area contributed by atoms with Crippen LogP contribution in [0.15, 0.2) is 30.6 Å². The van der Waals surface area contributed by atoms with E-state index in [0.29, 0.717) is 43.7 Å². The number of rotatable bonds is 2. The average Bonchev–Trinajstić information content (AvgIpc) is 2.90. The number of nitrogens with one attached hydrogen (secondary N) is 1. The van der Waals surface area contributed by atoms with Crippen LogP contribution in [0.1, 0.15) is 11.3 Å². The summed E-state index contributed by atoms with van der Waals surface area (Å²) in [6.07, 6.45) is 1.67. The summed E-state index contributed by atoms with van der Waals surface area (Å²) in [5.74, 6) is 0.858. The highest BCUT2D eigenvalue weighted by Crippen LogP contribution is 2.19. The summed E-state index contributed by atoms with van der Waals surface area (Å²) in [5, 5.41) is 8.29. The zero-order chi connectivity index (χ0) is 14.8. The van der Waals surface area contributed by atoms with Crippen LogP contribution in [0.5, 0.6) is 0 Å². The lowest BCUT2D eigenvalue weighted by atomic mass is 10.2. The van der Waals surface area contributed by atoms with Crippen LogP contribution in [-0.4, -0.2) is 46.6 Å². The number of anilines is 1. The molecule has 0 atom stereocenters. The number of imidazole rings is 1. The molecule has 6 nitrogen and oxygen atoms in total. The third kappa shape index (κ3) is 2.62. The third-order valence-electron chi connectivity index (χ3n) is 3.67. The first-order valence-corrected chi connectivity index (χ1v) is 6.98. The maximum Gasteiger partial charge on any atom is 0.151 e. The Bertz CT molecular complexity index is 641. The van der Waals surface area contributed by atoms with Gasteiger partial charge in [-0.05, 0) is 19.1 Å². The number of amidine groups is 1. The monoisotopic (exact) mass is 285 g/mol. The van der Waals surface area contributed by atoms with E-state index in [4.69, 9.17) is 15.9 Å². The van der Waals surface area contributed by atoms with Gasteiger partial charge in [-0.3, -0.25) is 9.98 Å². The van der Waals surface area contributed by atoms with Crippen molar-refractivity contribution in [2.75, 3.05) is 32.0 Å². The summed E-state index contributed by atoms with van der Waals surface area (Å²) in [5.41, 5.74) is 8.85. The lowest BCUT2D eigenvalue weighted by molar-refractivity contribution is 0.0679. The van der Waals surface area contributed by atoms with Crippen molar-refractivity contribution >= 4 is 11.7 Å². The van der Waals surface area contributed by atoms with Gasteiger partial charge in [-0.25, -0.2) is 4.98 Å². The number of hydrogen-bond donors (Lipinski definition) is 2. The first kappa shape index (κ1) is 13.6. The fraction of sp³-hybridized carbons (Fsp3) is 0.333. The Kier molecular flexibility index (Phi) is 3.62. The van der Waals surface area contributed by atoms with Crippen molar-refractivity contribution < 1.29 is 4.74 Å². The predicted octanol–water partition coefficient (Wildman–Crippen LogP) is 1.42. The number of benzene rings is 1. The standard InChI is InChI=1S/C15H19N5O/c1-11-2-4-12(5-3-11)20-10-18-13(15(20)17)14(16)19-6-8-21-9-7-19/h2-5,10,16H,6-9,17H2,1H3. The molecule has 1 fully saturated rings. The molecule has 1 aromatic heterocycles. The summed E-state index contributed by atoms with van der Waals surface area (Å²) in [4.78, 5) is 6.27. The highest BCUT2D eigenvalue weighted by Gasteiger charge is 2.20. The summed E-state index contributed by atoms with van der Waals surface area (Å²) in [6.45, 7) is 4.73. The van der Waals surface area contributed by atoms with E-state index in [2.05, 4.69) is 4.98 Å². The van der Waals surface area contributed by atoms with Crippen LogP contribution in [0.3, 0.4) is 0 Å². The van der Waals surface area contributed by atoms with Gasteiger partial charge >= 0.3 is 0 Å². The number of hydrogen-bond acceptors (Lipinski definition) is 4. The third-order valence-corrected chi connectivity index (χ3v) is 3.67. The second kappa shape index (κ2) is 5.57. The van der Waals surface area contributed by atoms with Gasteiger partial charge < -0.3 is 15.4 Å². The lowest BCUT2D eigenvalue weighted by Gasteiger charge is -2.28. The molecule has 0 unspecified atom stereocenters. The SMILES string of the molecule is Cc1ccc(-n2cnc(C(=N)N3CCOCC3)c2N)cc1. The van der Waals surface area contributed by atoms with Gasteiger partial charge in [0.25, 0.3) is 0 Å². The molecule has 0 spiro atoms. The van der Waals surface area contributed by atoms with Gasteiger partial charge in [0.05, 0.1) is 13.2 Å². The number of nitrogens with two attached hydrogens (primary N) is 1. The molecule has 110 valence electrons. The molecule has 6 heteroatoms. The first-order valence-electron chi connectivity index (χ1n) is 6.98. The number of morpholine rings is 1. The van der Waals surface area contributed by atoms with Gasteiger partial charge in [0.15, 0.2) is 5.84 Å². The number of aryl methyl sites for hydroxylation is 1. The second-order valence-corrected chi connectivity index (χ2v) is 5.13. The normalized spacial score (nSPS) is 15.2.